The molecule has 0 bridgehead atoms. The van der Waals surface area contributed by atoms with Crippen molar-refractivity contribution in [2.24, 2.45) is 0 Å². The van der Waals surface area contributed by atoms with Gasteiger partial charge in [-0.25, -0.2) is 9.97 Å². The molecule has 3 rings (SSSR count). The zero-order chi connectivity index (χ0) is 15.0. The lowest BCUT2D eigenvalue weighted by Gasteiger charge is -2.06. The Hall–Kier alpha value is -1.20. The quantitative estimate of drug-likeness (QED) is 0.426. The number of H-pyrrole nitrogens is 2. The number of nitrogens with zero attached hydrogens (tertiary/aromatic N) is 4. The van der Waals surface area contributed by atoms with Gasteiger partial charge in [-0.05, 0) is 47.8 Å². The van der Waals surface area contributed by atoms with Crippen molar-refractivity contribution < 1.29 is 0 Å². The van der Waals surface area contributed by atoms with E-state index in [4.69, 9.17) is 5.73 Å². The minimum atomic E-state index is 0.175. The molecule has 0 aliphatic carbocycles. The molecular formula is C10H9Br3N8. The molecule has 0 spiro atoms. The monoisotopic (exact) mass is 478 g/mol. The van der Waals surface area contributed by atoms with Crippen LogP contribution in [0.3, 0.4) is 0 Å². The molecule has 8 nitrogen and oxygen atoms in total. The summed E-state index contributed by atoms with van der Waals surface area (Å²) in [6.45, 7) is 0.648. The summed E-state index contributed by atoms with van der Waals surface area (Å²) in [5.41, 5.74) is 7.89. The molecule has 11 heteroatoms. The maximum absolute atomic E-state index is 5.68. The summed E-state index contributed by atoms with van der Waals surface area (Å²) in [5.74, 6) is 0.792. The van der Waals surface area contributed by atoms with Crippen molar-refractivity contribution in [3.63, 3.8) is 0 Å². The molecule has 110 valence electrons. The van der Waals surface area contributed by atoms with E-state index >= 15 is 0 Å². The molecule has 0 radical (unpaired) electrons. The van der Waals surface area contributed by atoms with E-state index in [-0.39, 0.29) is 5.95 Å². The van der Waals surface area contributed by atoms with Crippen LogP contribution in [-0.4, -0.2) is 36.4 Å². The summed E-state index contributed by atoms with van der Waals surface area (Å²) in [4.78, 5) is 22.8. The van der Waals surface area contributed by atoms with Gasteiger partial charge in [-0.2, -0.15) is 9.97 Å². The molecule has 0 atom stereocenters. The van der Waals surface area contributed by atoms with Gasteiger partial charge in [-0.1, -0.05) is 0 Å². The van der Waals surface area contributed by atoms with Crippen molar-refractivity contribution in [1.29, 1.82) is 0 Å². The van der Waals surface area contributed by atoms with Crippen LogP contribution in [-0.2, 0) is 6.42 Å². The van der Waals surface area contributed by atoms with Crippen LogP contribution < -0.4 is 11.1 Å². The Morgan fingerprint density at radius 1 is 1.00 bits per heavy atom. The molecule has 0 aliphatic heterocycles. The van der Waals surface area contributed by atoms with Crippen molar-refractivity contribution >= 4 is 70.7 Å². The number of nitrogens with two attached hydrogens (primary N) is 1. The predicted molar refractivity (Wildman–Crippen MR) is 90.0 cm³/mol. The van der Waals surface area contributed by atoms with Crippen molar-refractivity contribution in [3.05, 3.63) is 19.8 Å². The van der Waals surface area contributed by atoms with E-state index in [0.717, 1.165) is 16.7 Å². The van der Waals surface area contributed by atoms with Crippen LogP contribution in [0, 0.1) is 0 Å². The lowest BCUT2D eigenvalue weighted by atomic mass is 10.3. The van der Waals surface area contributed by atoms with Crippen molar-refractivity contribution in [3.8, 4) is 0 Å². The molecule has 3 aromatic heterocycles. The van der Waals surface area contributed by atoms with Gasteiger partial charge in [-0.3, -0.25) is 0 Å². The molecule has 0 amide bonds. The van der Waals surface area contributed by atoms with E-state index in [1.54, 1.807) is 0 Å². The first-order valence-corrected chi connectivity index (χ1v) is 8.23. The normalized spacial score (nSPS) is 11.2. The first-order valence-electron chi connectivity index (χ1n) is 5.85. The molecular weight excluding hydrogens is 472 g/mol. The number of hydrogen-bond acceptors (Lipinski definition) is 6. The number of hydrogen-bond donors (Lipinski definition) is 4. The minimum Gasteiger partial charge on any atom is -0.368 e. The Morgan fingerprint density at radius 3 is 2.48 bits per heavy atom. The number of nitrogens with one attached hydrogen (secondary N) is 3. The fourth-order valence-electron chi connectivity index (χ4n) is 1.84. The maximum Gasteiger partial charge on any atom is 0.224 e. The van der Waals surface area contributed by atoms with Gasteiger partial charge < -0.3 is 21.0 Å². The van der Waals surface area contributed by atoms with Crippen molar-refractivity contribution in [2.45, 2.75) is 6.42 Å². The van der Waals surface area contributed by atoms with Gasteiger partial charge in [0.2, 0.25) is 5.95 Å². The Kier molecular flexibility index (Phi) is 4.13. The fourth-order valence-corrected chi connectivity index (χ4v) is 3.34. The zero-order valence-corrected chi connectivity index (χ0v) is 15.2. The second-order valence-electron chi connectivity index (χ2n) is 4.13. The summed E-state index contributed by atoms with van der Waals surface area (Å²) in [5, 5.41) is 3.22. The van der Waals surface area contributed by atoms with Crippen molar-refractivity contribution in [1.82, 2.24) is 29.9 Å². The van der Waals surface area contributed by atoms with Crippen LogP contribution in [0.25, 0.3) is 11.2 Å². The highest BCUT2D eigenvalue weighted by Crippen LogP contribution is 2.22. The third-order valence-corrected chi connectivity index (χ3v) is 4.11. The van der Waals surface area contributed by atoms with E-state index < -0.39 is 0 Å². The van der Waals surface area contributed by atoms with E-state index in [9.17, 15) is 0 Å². The Balaban J connectivity index is 1.77. The molecule has 0 fully saturated rings. The highest BCUT2D eigenvalue weighted by atomic mass is 79.9. The lowest BCUT2D eigenvalue weighted by molar-refractivity contribution is 0.959. The molecule has 0 aliphatic rings. The van der Waals surface area contributed by atoms with E-state index in [0.29, 0.717) is 33.0 Å². The number of rotatable bonds is 4. The smallest absolute Gasteiger partial charge is 0.224 e. The van der Waals surface area contributed by atoms with Gasteiger partial charge in [0.1, 0.15) is 10.1 Å². The van der Waals surface area contributed by atoms with Gasteiger partial charge >= 0.3 is 0 Å². The number of nitrogen functional groups attached to an aromatic ring is 1. The number of aromatic amines is 2. The molecule has 5 N–H and O–H groups in total. The second kappa shape index (κ2) is 5.89. The summed E-state index contributed by atoms with van der Waals surface area (Å²) in [6.07, 6.45) is 0.736. The highest BCUT2D eigenvalue weighted by molar-refractivity contribution is 9.11. The lowest BCUT2D eigenvalue weighted by Crippen LogP contribution is -2.09. The molecule has 21 heavy (non-hydrogen) atoms. The molecule has 0 unspecified atom stereocenters. The second-order valence-corrected chi connectivity index (χ2v) is 6.38. The van der Waals surface area contributed by atoms with Crippen LogP contribution >= 0.6 is 47.8 Å². The van der Waals surface area contributed by atoms with Crippen molar-refractivity contribution in [2.75, 3.05) is 17.6 Å². The Bertz CT molecular complexity index is 795. The summed E-state index contributed by atoms with van der Waals surface area (Å²) >= 11 is 9.95. The molecule has 0 saturated heterocycles. The van der Waals surface area contributed by atoms with E-state index in [1.165, 1.54) is 0 Å². The number of aromatic nitrogens is 6. The first-order chi connectivity index (χ1) is 10.0. The van der Waals surface area contributed by atoms with Crippen LogP contribution in [0.5, 0.6) is 0 Å². The van der Waals surface area contributed by atoms with Gasteiger partial charge in [0.25, 0.3) is 0 Å². The topological polar surface area (TPSA) is 121 Å². The van der Waals surface area contributed by atoms with E-state index in [1.807, 2.05) is 0 Å². The van der Waals surface area contributed by atoms with Crippen LogP contribution in [0.4, 0.5) is 11.8 Å². The molecule has 0 aromatic carbocycles. The number of anilines is 2. The third kappa shape index (κ3) is 3.19. The van der Waals surface area contributed by atoms with Crippen LogP contribution in [0.1, 0.15) is 5.69 Å². The van der Waals surface area contributed by atoms with Gasteiger partial charge in [0, 0.05) is 13.0 Å². The Morgan fingerprint density at radius 2 is 1.76 bits per heavy atom. The van der Waals surface area contributed by atoms with Crippen LogP contribution in [0.15, 0.2) is 14.1 Å². The van der Waals surface area contributed by atoms with Gasteiger partial charge in [0.15, 0.2) is 20.9 Å². The minimum absolute atomic E-state index is 0.175. The average Bonchev–Trinajstić information content (AvgIpc) is 2.91. The molecule has 0 saturated carbocycles. The number of fused-ring (bicyclic) bond motifs is 1. The summed E-state index contributed by atoms with van der Waals surface area (Å²) in [7, 11) is 0. The SMILES string of the molecule is Nc1nc(NCCc2[nH]c(Br)nc2Br)c2[nH]c(Br)nc2n1. The summed E-state index contributed by atoms with van der Waals surface area (Å²) < 4.78 is 2.06. The largest absolute Gasteiger partial charge is 0.368 e. The third-order valence-electron chi connectivity index (χ3n) is 2.71. The first kappa shape index (κ1) is 14.7. The zero-order valence-electron chi connectivity index (χ0n) is 10.4. The van der Waals surface area contributed by atoms with E-state index in [2.05, 4.69) is 83.0 Å². The van der Waals surface area contributed by atoms with Gasteiger partial charge in [-0.15, -0.1) is 0 Å². The molecule has 3 aromatic rings. The van der Waals surface area contributed by atoms with Crippen LogP contribution in [0.2, 0.25) is 0 Å². The predicted octanol–water partition coefficient (Wildman–Crippen LogP) is 2.60. The van der Waals surface area contributed by atoms with Gasteiger partial charge in [0.05, 0.1) is 5.69 Å². The Labute approximate surface area is 144 Å². The summed E-state index contributed by atoms with van der Waals surface area (Å²) in [6, 6.07) is 0. The standard InChI is InChI=1S/C10H9Br3N8/c11-5-3(16-8(12)18-5)1-2-15-6-4-7(19-9(13)17-4)21-10(14)20-6/h1-2H2,(H,16,18)(H4,14,15,17,19,20,21). The number of halogens is 3. The average molecular weight is 481 g/mol. The maximum atomic E-state index is 5.68. The highest BCUT2D eigenvalue weighted by Gasteiger charge is 2.11. The number of imidazole rings is 2. The molecule has 3 heterocycles. The fraction of sp³-hybridized carbons (Fsp3) is 0.200.